The van der Waals surface area contributed by atoms with Crippen LogP contribution < -0.4 is 10.5 Å². The topological polar surface area (TPSA) is 78.6 Å². The van der Waals surface area contributed by atoms with E-state index in [-0.39, 0.29) is 0 Å². The molecule has 0 aliphatic rings. The number of rotatable bonds is 8. The van der Waals surface area contributed by atoms with Crippen molar-refractivity contribution in [2.45, 2.75) is 32.3 Å². The second-order valence-corrected chi connectivity index (χ2v) is 5.84. The SMILES string of the molecule is COC(=O)C(C)Oc1ccc(CCCc2ccc(C(N)=O)cc2)cc1. The summed E-state index contributed by atoms with van der Waals surface area (Å²) in [7, 11) is 1.34. The summed E-state index contributed by atoms with van der Waals surface area (Å²) in [6, 6.07) is 15.1. The van der Waals surface area contributed by atoms with E-state index in [1.54, 1.807) is 19.1 Å². The Balaban J connectivity index is 1.81. The predicted molar refractivity (Wildman–Crippen MR) is 95.5 cm³/mol. The molecule has 2 aromatic rings. The number of ether oxygens (including phenoxy) is 2. The van der Waals surface area contributed by atoms with Crippen molar-refractivity contribution >= 4 is 11.9 Å². The van der Waals surface area contributed by atoms with Crippen LogP contribution in [0.4, 0.5) is 0 Å². The van der Waals surface area contributed by atoms with Crippen LogP contribution in [0.25, 0.3) is 0 Å². The first kappa shape index (κ1) is 18.5. The standard InChI is InChI=1S/C20H23NO4/c1-14(20(23)24-2)25-18-12-8-16(9-13-18)5-3-4-15-6-10-17(11-7-15)19(21)22/h6-14H,3-5H2,1-2H3,(H2,21,22). The Labute approximate surface area is 147 Å². The molecule has 0 spiro atoms. The first-order valence-corrected chi connectivity index (χ1v) is 8.21. The first-order valence-electron chi connectivity index (χ1n) is 8.21. The van der Waals surface area contributed by atoms with Crippen LogP contribution in [0.2, 0.25) is 0 Å². The molecule has 25 heavy (non-hydrogen) atoms. The Kier molecular flexibility index (Phi) is 6.57. The number of aryl methyl sites for hydroxylation is 2. The van der Waals surface area contributed by atoms with Gasteiger partial charge in [0, 0.05) is 5.56 Å². The highest BCUT2D eigenvalue weighted by molar-refractivity contribution is 5.92. The van der Waals surface area contributed by atoms with Gasteiger partial charge in [-0.3, -0.25) is 4.79 Å². The van der Waals surface area contributed by atoms with Crippen molar-refractivity contribution in [3.63, 3.8) is 0 Å². The maximum absolute atomic E-state index is 11.3. The van der Waals surface area contributed by atoms with E-state index in [1.165, 1.54) is 18.2 Å². The molecule has 0 fully saturated rings. The van der Waals surface area contributed by atoms with Gasteiger partial charge in [-0.2, -0.15) is 0 Å². The van der Waals surface area contributed by atoms with E-state index in [0.29, 0.717) is 11.3 Å². The van der Waals surface area contributed by atoms with Gasteiger partial charge in [0.2, 0.25) is 5.91 Å². The molecular weight excluding hydrogens is 318 g/mol. The predicted octanol–water partition coefficient (Wildman–Crippen LogP) is 2.90. The van der Waals surface area contributed by atoms with Gasteiger partial charge in [0.25, 0.3) is 0 Å². The average molecular weight is 341 g/mol. The summed E-state index contributed by atoms with van der Waals surface area (Å²) in [4.78, 5) is 22.4. The van der Waals surface area contributed by atoms with Gasteiger partial charge < -0.3 is 15.2 Å². The normalized spacial score (nSPS) is 11.6. The highest BCUT2D eigenvalue weighted by Crippen LogP contribution is 2.16. The number of carbonyl (C=O) groups excluding carboxylic acids is 2. The lowest BCUT2D eigenvalue weighted by molar-refractivity contribution is -0.147. The molecule has 1 atom stereocenters. The van der Waals surface area contributed by atoms with Crippen molar-refractivity contribution in [1.82, 2.24) is 0 Å². The van der Waals surface area contributed by atoms with Crippen LogP contribution in [0, 0.1) is 0 Å². The van der Waals surface area contributed by atoms with E-state index in [4.69, 9.17) is 10.5 Å². The Bertz CT molecular complexity index is 707. The summed E-state index contributed by atoms with van der Waals surface area (Å²) < 4.78 is 10.1. The molecule has 0 radical (unpaired) electrons. The first-order chi connectivity index (χ1) is 12.0. The lowest BCUT2D eigenvalue weighted by atomic mass is 10.0. The van der Waals surface area contributed by atoms with Crippen LogP contribution in [0.1, 0.15) is 34.8 Å². The maximum atomic E-state index is 11.3. The number of methoxy groups -OCH3 is 1. The molecular formula is C20H23NO4. The van der Waals surface area contributed by atoms with Crippen LogP contribution >= 0.6 is 0 Å². The summed E-state index contributed by atoms with van der Waals surface area (Å²) in [5, 5.41) is 0. The second-order valence-electron chi connectivity index (χ2n) is 5.84. The molecule has 132 valence electrons. The number of esters is 1. The van der Waals surface area contributed by atoms with Crippen LogP contribution in [0.15, 0.2) is 48.5 Å². The molecule has 0 aliphatic heterocycles. The van der Waals surface area contributed by atoms with Gasteiger partial charge >= 0.3 is 5.97 Å². The van der Waals surface area contributed by atoms with Crippen molar-refractivity contribution in [3.05, 3.63) is 65.2 Å². The molecule has 0 heterocycles. The number of benzene rings is 2. The van der Waals surface area contributed by atoms with E-state index < -0.39 is 18.0 Å². The van der Waals surface area contributed by atoms with Gasteiger partial charge in [-0.1, -0.05) is 24.3 Å². The summed E-state index contributed by atoms with van der Waals surface area (Å²) in [5.74, 6) is -0.162. The molecule has 2 rings (SSSR count). The molecule has 2 N–H and O–H groups in total. The van der Waals surface area contributed by atoms with Gasteiger partial charge in [-0.05, 0) is 61.6 Å². The van der Waals surface area contributed by atoms with E-state index in [1.807, 2.05) is 36.4 Å². The van der Waals surface area contributed by atoms with Gasteiger partial charge in [-0.15, -0.1) is 0 Å². The summed E-state index contributed by atoms with van der Waals surface area (Å²) in [5.41, 5.74) is 8.14. The van der Waals surface area contributed by atoms with Crippen LogP contribution in [0.3, 0.4) is 0 Å². The zero-order valence-corrected chi connectivity index (χ0v) is 14.5. The van der Waals surface area contributed by atoms with E-state index in [2.05, 4.69) is 4.74 Å². The lowest BCUT2D eigenvalue weighted by Gasteiger charge is -2.12. The minimum absolute atomic E-state index is 0.397. The van der Waals surface area contributed by atoms with E-state index >= 15 is 0 Å². The third-order valence-electron chi connectivity index (χ3n) is 3.94. The number of primary amides is 1. The van der Waals surface area contributed by atoms with Crippen LogP contribution in [-0.4, -0.2) is 25.1 Å². The smallest absolute Gasteiger partial charge is 0.346 e. The van der Waals surface area contributed by atoms with Crippen molar-refractivity contribution in [2.75, 3.05) is 7.11 Å². The number of hydrogen-bond donors (Lipinski definition) is 1. The number of nitrogens with two attached hydrogens (primary N) is 1. The molecule has 0 bridgehead atoms. The van der Waals surface area contributed by atoms with E-state index in [9.17, 15) is 9.59 Å². The molecule has 1 unspecified atom stereocenters. The minimum Gasteiger partial charge on any atom is -0.479 e. The largest absolute Gasteiger partial charge is 0.479 e. The third kappa shape index (κ3) is 5.64. The quantitative estimate of drug-likeness (QED) is 0.749. The Morgan fingerprint density at radius 2 is 1.48 bits per heavy atom. The molecule has 2 aromatic carbocycles. The summed E-state index contributed by atoms with van der Waals surface area (Å²) in [6.45, 7) is 1.66. The summed E-state index contributed by atoms with van der Waals surface area (Å²) in [6.07, 6.45) is 2.23. The zero-order valence-electron chi connectivity index (χ0n) is 14.5. The fourth-order valence-corrected chi connectivity index (χ4v) is 2.49. The molecule has 0 saturated heterocycles. The Morgan fingerprint density at radius 1 is 0.960 bits per heavy atom. The van der Waals surface area contributed by atoms with Crippen molar-refractivity contribution in [2.24, 2.45) is 5.73 Å². The Hall–Kier alpha value is -2.82. The van der Waals surface area contributed by atoms with Gasteiger partial charge in [0.1, 0.15) is 5.75 Å². The molecule has 5 heteroatoms. The fourth-order valence-electron chi connectivity index (χ4n) is 2.49. The van der Waals surface area contributed by atoms with Crippen molar-refractivity contribution < 1.29 is 19.1 Å². The second kappa shape index (κ2) is 8.87. The number of carbonyl (C=O) groups is 2. The molecule has 0 aromatic heterocycles. The van der Waals surface area contributed by atoms with Crippen LogP contribution in [0.5, 0.6) is 5.75 Å². The van der Waals surface area contributed by atoms with Crippen molar-refractivity contribution in [3.8, 4) is 5.75 Å². The summed E-state index contributed by atoms with van der Waals surface area (Å²) >= 11 is 0. The highest BCUT2D eigenvalue weighted by atomic mass is 16.6. The van der Waals surface area contributed by atoms with Gasteiger partial charge in [0.05, 0.1) is 7.11 Å². The third-order valence-corrected chi connectivity index (χ3v) is 3.94. The highest BCUT2D eigenvalue weighted by Gasteiger charge is 2.14. The average Bonchev–Trinajstić information content (AvgIpc) is 2.62. The van der Waals surface area contributed by atoms with Gasteiger partial charge in [0.15, 0.2) is 6.10 Å². The monoisotopic (exact) mass is 341 g/mol. The van der Waals surface area contributed by atoms with Gasteiger partial charge in [-0.25, -0.2) is 4.79 Å². The van der Waals surface area contributed by atoms with Crippen molar-refractivity contribution in [1.29, 1.82) is 0 Å². The van der Waals surface area contributed by atoms with E-state index in [0.717, 1.165) is 19.3 Å². The molecule has 0 saturated carbocycles. The Morgan fingerprint density at radius 3 is 1.96 bits per heavy atom. The fraction of sp³-hybridized carbons (Fsp3) is 0.300. The maximum Gasteiger partial charge on any atom is 0.346 e. The number of amides is 1. The molecule has 1 amide bonds. The minimum atomic E-state index is -0.626. The number of hydrogen-bond acceptors (Lipinski definition) is 4. The molecule has 0 aliphatic carbocycles. The zero-order chi connectivity index (χ0) is 18.2. The lowest BCUT2D eigenvalue weighted by Crippen LogP contribution is -2.24. The molecule has 5 nitrogen and oxygen atoms in total. The van der Waals surface area contributed by atoms with Crippen LogP contribution in [-0.2, 0) is 22.4 Å².